The van der Waals surface area contributed by atoms with E-state index in [-0.39, 0.29) is 18.3 Å². The number of nitrogens with one attached hydrogen (secondary N) is 2. The van der Waals surface area contributed by atoms with Crippen molar-refractivity contribution < 1.29 is 13.9 Å². The summed E-state index contributed by atoms with van der Waals surface area (Å²) in [6.07, 6.45) is 1.56. The number of hydrogen-bond donors (Lipinski definition) is 2. The van der Waals surface area contributed by atoms with Gasteiger partial charge in [0, 0.05) is 24.3 Å². The second-order valence-corrected chi connectivity index (χ2v) is 6.98. The first-order chi connectivity index (χ1) is 14.1. The zero-order valence-electron chi connectivity index (χ0n) is 15.3. The van der Waals surface area contributed by atoms with E-state index >= 15 is 0 Å². The Morgan fingerprint density at radius 1 is 1.17 bits per heavy atom. The molecule has 9 heteroatoms. The summed E-state index contributed by atoms with van der Waals surface area (Å²) >= 11 is 1.48. The Hall–Kier alpha value is -3.59. The fourth-order valence-corrected chi connectivity index (χ4v) is 3.51. The van der Waals surface area contributed by atoms with Gasteiger partial charge in [-0.15, -0.1) is 21.5 Å². The van der Waals surface area contributed by atoms with E-state index in [1.165, 1.54) is 23.5 Å². The van der Waals surface area contributed by atoms with Crippen molar-refractivity contribution in [2.75, 3.05) is 12.4 Å². The lowest BCUT2D eigenvalue weighted by Gasteiger charge is -2.10. The summed E-state index contributed by atoms with van der Waals surface area (Å²) in [6.45, 7) is 0.221. The number of nitrogens with zero attached hydrogens (tertiary/aromatic N) is 3. The Bertz CT molecular complexity index is 1160. The predicted octanol–water partition coefficient (Wildman–Crippen LogP) is 3.91. The van der Waals surface area contributed by atoms with Crippen LogP contribution in [0.2, 0.25) is 0 Å². The zero-order valence-corrected chi connectivity index (χ0v) is 16.2. The summed E-state index contributed by atoms with van der Waals surface area (Å²) in [7, 11) is 1.55. The normalized spacial score (nSPS) is 10.7. The van der Waals surface area contributed by atoms with Crippen LogP contribution in [0.4, 0.5) is 15.9 Å². The van der Waals surface area contributed by atoms with Gasteiger partial charge in [0.25, 0.3) is 11.8 Å². The van der Waals surface area contributed by atoms with Gasteiger partial charge < -0.3 is 15.4 Å². The second kappa shape index (κ2) is 8.19. The monoisotopic (exact) mass is 409 g/mol. The lowest BCUT2D eigenvalue weighted by atomic mass is 10.2. The molecule has 0 aliphatic carbocycles. The van der Waals surface area contributed by atoms with Crippen LogP contribution < -0.4 is 15.4 Å². The molecule has 4 aromatic rings. The van der Waals surface area contributed by atoms with Crippen molar-refractivity contribution in [3.05, 3.63) is 71.1 Å². The Morgan fingerprint density at radius 2 is 2.00 bits per heavy atom. The molecule has 2 N–H and O–H groups in total. The van der Waals surface area contributed by atoms with Gasteiger partial charge in [0.1, 0.15) is 22.8 Å². The molecular weight excluding hydrogens is 393 g/mol. The molecule has 0 fully saturated rings. The van der Waals surface area contributed by atoms with Crippen LogP contribution in [-0.4, -0.2) is 28.1 Å². The number of ether oxygens (including phenoxy) is 1. The van der Waals surface area contributed by atoms with Crippen molar-refractivity contribution in [3.8, 4) is 5.88 Å². The first-order valence-electron chi connectivity index (χ1n) is 8.70. The van der Waals surface area contributed by atoms with Gasteiger partial charge in [0.15, 0.2) is 5.82 Å². The van der Waals surface area contributed by atoms with Gasteiger partial charge in [-0.25, -0.2) is 4.39 Å². The third-order valence-corrected chi connectivity index (χ3v) is 5.02. The van der Waals surface area contributed by atoms with E-state index in [0.717, 1.165) is 15.6 Å². The van der Waals surface area contributed by atoms with Gasteiger partial charge in [-0.3, -0.25) is 9.78 Å². The van der Waals surface area contributed by atoms with Crippen molar-refractivity contribution in [1.29, 1.82) is 0 Å². The highest BCUT2D eigenvalue weighted by atomic mass is 32.1. The Balaban J connectivity index is 1.54. The molecule has 0 aliphatic rings. The van der Waals surface area contributed by atoms with Gasteiger partial charge in [-0.1, -0.05) is 0 Å². The number of carbonyl (C=O) groups is 1. The van der Waals surface area contributed by atoms with Crippen molar-refractivity contribution in [3.63, 3.8) is 0 Å². The molecule has 0 saturated carbocycles. The highest BCUT2D eigenvalue weighted by Gasteiger charge is 2.13. The molecule has 0 aliphatic heterocycles. The molecule has 146 valence electrons. The second-order valence-electron chi connectivity index (χ2n) is 6.07. The maximum atomic E-state index is 13.1. The first kappa shape index (κ1) is 18.8. The van der Waals surface area contributed by atoms with Crippen LogP contribution in [0.3, 0.4) is 0 Å². The number of benzene rings is 1. The standard InChI is InChI=1S/C20H16FN5O2S/c1-22-19(27)16-10-12(6-8-23-16)11-28-20-17-15(7-9-29-17)18(25-26-20)24-14-4-2-13(21)3-5-14/h2-10H,11H2,1H3,(H,22,27)(H,24,25). The van der Waals surface area contributed by atoms with Gasteiger partial charge in [-0.05, 0) is 53.4 Å². The lowest BCUT2D eigenvalue weighted by Crippen LogP contribution is -2.19. The number of rotatable bonds is 6. The van der Waals surface area contributed by atoms with E-state index in [9.17, 15) is 9.18 Å². The molecule has 0 bridgehead atoms. The molecule has 0 saturated heterocycles. The first-order valence-corrected chi connectivity index (χ1v) is 9.58. The maximum Gasteiger partial charge on any atom is 0.269 e. The molecule has 0 spiro atoms. The zero-order chi connectivity index (χ0) is 20.2. The summed E-state index contributed by atoms with van der Waals surface area (Å²) in [5.74, 6) is 0.397. The largest absolute Gasteiger partial charge is 0.471 e. The van der Waals surface area contributed by atoms with E-state index in [4.69, 9.17) is 4.74 Å². The number of amides is 1. The van der Waals surface area contributed by atoms with E-state index in [1.54, 1.807) is 37.5 Å². The number of carbonyl (C=O) groups excluding carboxylic acids is 1. The van der Waals surface area contributed by atoms with Gasteiger partial charge in [-0.2, -0.15) is 0 Å². The van der Waals surface area contributed by atoms with E-state index in [0.29, 0.717) is 23.1 Å². The van der Waals surface area contributed by atoms with E-state index in [2.05, 4.69) is 25.8 Å². The van der Waals surface area contributed by atoms with Crippen LogP contribution in [0.25, 0.3) is 10.1 Å². The average molecular weight is 409 g/mol. The van der Waals surface area contributed by atoms with Crippen LogP contribution in [0.15, 0.2) is 54.0 Å². The summed E-state index contributed by atoms with van der Waals surface area (Å²) in [5.41, 5.74) is 1.82. The third-order valence-electron chi connectivity index (χ3n) is 4.12. The number of fused-ring (bicyclic) bond motifs is 1. The Kier molecular flexibility index (Phi) is 5.30. The van der Waals surface area contributed by atoms with Gasteiger partial charge in [0.2, 0.25) is 0 Å². The Labute approximate surface area is 169 Å². The molecule has 0 atom stereocenters. The van der Waals surface area contributed by atoms with Gasteiger partial charge in [0.05, 0.1) is 0 Å². The summed E-state index contributed by atoms with van der Waals surface area (Å²) < 4.78 is 19.8. The number of hydrogen-bond acceptors (Lipinski definition) is 7. The smallest absolute Gasteiger partial charge is 0.269 e. The van der Waals surface area contributed by atoms with Crippen LogP contribution in [0.1, 0.15) is 16.1 Å². The fourth-order valence-electron chi connectivity index (χ4n) is 2.68. The minimum atomic E-state index is -0.304. The Morgan fingerprint density at radius 3 is 2.79 bits per heavy atom. The van der Waals surface area contributed by atoms with Crippen LogP contribution in [0, 0.1) is 5.82 Å². The summed E-state index contributed by atoms with van der Waals surface area (Å²) in [6, 6.07) is 11.4. The number of aromatic nitrogens is 3. The molecule has 1 amide bonds. The molecule has 4 rings (SSSR count). The number of halogens is 1. The molecular formula is C20H16FN5O2S. The van der Waals surface area contributed by atoms with E-state index < -0.39 is 0 Å². The summed E-state index contributed by atoms with van der Waals surface area (Å²) in [5, 5.41) is 16.9. The van der Waals surface area contributed by atoms with Crippen molar-refractivity contribution >= 4 is 38.8 Å². The minimum Gasteiger partial charge on any atom is -0.471 e. The fraction of sp³-hybridized carbons (Fsp3) is 0.100. The third kappa shape index (κ3) is 4.14. The molecule has 3 heterocycles. The number of anilines is 2. The highest BCUT2D eigenvalue weighted by Crippen LogP contribution is 2.34. The summed E-state index contributed by atoms with van der Waals surface area (Å²) in [4.78, 5) is 15.8. The molecule has 3 aromatic heterocycles. The van der Waals surface area contributed by atoms with Crippen LogP contribution in [0.5, 0.6) is 5.88 Å². The molecule has 29 heavy (non-hydrogen) atoms. The van der Waals surface area contributed by atoms with Crippen LogP contribution in [-0.2, 0) is 6.61 Å². The predicted molar refractivity (Wildman–Crippen MR) is 109 cm³/mol. The maximum absolute atomic E-state index is 13.1. The number of pyridine rings is 1. The number of thiophene rings is 1. The topological polar surface area (TPSA) is 89.0 Å². The molecule has 1 aromatic carbocycles. The highest BCUT2D eigenvalue weighted by molar-refractivity contribution is 7.17. The lowest BCUT2D eigenvalue weighted by molar-refractivity contribution is 0.0958. The van der Waals surface area contributed by atoms with E-state index in [1.807, 2.05) is 11.4 Å². The quantitative estimate of drug-likeness (QED) is 0.502. The molecule has 0 unspecified atom stereocenters. The average Bonchev–Trinajstić information content (AvgIpc) is 3.25. The van der Waals surface area contributed by atoms with Gasteiger partial charge >= 0.3 is 0 Å². The molecule has 0 radical (unpaired) electrons. The van der Waals surface area contributed by atoms with Crippen molar-refractivity contribution in [2.24, 2.45) is 0 Å². The van der Waals surface area contributed by atoms with Crippen molar-refractivity contribution in [1.82, 2.24) is 20.5 Å². The van der Waals surface area contributed by atoms with Crippen LogP contribution >= 0.6 is 11.3 Å². The molecule has 7 nitrogen and oxygen atoms in total. The van der Waals surface area contributed by atoms with Crippen molar-refractivity contribution in [2.45, 2.75) is 6.61 Å². The SMILES string of the molecule is CNC(=O)c1cc(COc2nnc(Nc3ccc(F)cc3)c3ccsc23)ccn1. The minimum absolute atomic E-state index is 0.221.